The zero-order valence-electron chi connectivity index (χ0n) is 12.7. The summed E-state index contributed by atoms with van der Waals surface area (Å²) in [5.74, 6) is -0.162. The Bertz CT molecular complexity index is 594. The van der Waals surface area contributed by atoms with Crippen molar-refractivity contribution in [2.75, 3.05) is 17.1 Å². The number of carbonyl (C=O) groups is 1. The van der Waals surface area contributed by atoms with E-state index in [9.17, 15) is 13.2 Å². The van der Waals surface area contributed by atoms with Crippen molar-refractivity contribution in [3.63, 3.8) is 0 Å². The highest BCUT2D eigenvalue weighted by molar-refractivity contribution is 7.92. The molecule has 1 aromatic rings. The molecule has 21 heavy (non-hydrogen) atoms. The third-order valence-electron chi connectivity index (χ3n) is 3.10. The van der Waals surface area contributed by atoms with Gasteiger partial charge in [0.1, 0.15) is 0 Å². The van der Waals surface area contributed by atoms with Gasteiger partial charge in [-0.25, -0.2) is 8.42 Å². The molecule has 1 rings (SSSR count). The molecule has 0 radical (unpaired) electrons. The van der Waals surface area contributed by atoms with Crippen LogP contribution in [-0.4, -0.2) is 33.2 Å². The van der Waals surface area contributed by atoms with Crippen LogP contribution in [-0.2, 0) is 10.0 Å². The summed E-state index contributed by atoms with van der Waals surface area (Å²) in [5, 5.41) is 2.86. The average molecular weight is 310 g/mol. The largest absolute Gasteiger partial charge is 0.350 e. The number of benzene rings is 1. The summed E-state index contributed by atoms with van der Waals surface area (Å²) in [6.45, 7) is 7.67. The van der Waals surface area contributed by atoms with Gasteiger partial charge in [0.05, 0.1) is 18.5 Å². The zero-order chi connectivity index (χ0) is 16.0. The Labute approximate surface area is 126 Å². The summed E-state index contributed by atoms with van der Waals surface area (Å²) >= 11 is 0. The van der Waals surface area contributed by atoms with Crippen LogP contribution in [0, 0.1) is 0 Å². The van der Waals surface area contributed by atoms with E-state index in [4.69, 9.17) is 0 Å². The van der Waals surface area contributed by atoms with E-state index in [2.05, 4.69) is 11.9 Å². The monoisotopic (exact) mass is 310 g/mol. The minimum Gasteiger partial charge on any atom is -0.350 e. The second kappa shape index (κ2) is 7.26. The molecule has 0 fully saturated rings. The molecule has 0 aromatic heterocycles. The third-order valence-corrected chi connectivity index (χ3v) is 4.26. The summed E-state index contributed by atoms with van der Waals surface area (Å²) in [6, 6.07) is 6.58. The zero-order valence-corrected chi connectivity index (χ0v) is 13.5. The van der Waals surface area contributed by atoms with Crippen LogP contribution in [0.15, 0.2) is 36.9 Å². The lowest BCUT2D eigenvalue weighted by molar-refractivity contribution is 0.0939. The number of sulfonamides is 1. The Morgan fingerprint density at radius 1 is 1.38 bits per heavy atom. The van der Waals surface area contributed by atoms with Crippen LogP contribution in [0.3, 0.4) is 0 Å². The Morgan fingerprint density at radius 2 is 1.95 bits per heavy atom. The first kappa shape index (κ1) is 17.2. The van der Waals surface area contributed by atoms with Gasteiger partial charge < -0.3 is 5.32 Å². The van der Waals surface area contributed by atoms with Crippen molar-refractivity contribution in [2.24, 2.45) is 0 Å². The molecule has 1 N–H and O–H groups in total. The molecular formula is C15H22N2O3S. The number of amides is 1. The highest BCUT2D eigenvalue weighted by Gasteiger charge is 2.16. The lowest BCUT2D eigenvalue weighted by Crippen LogP contribution is -2.32. The normalized spacial score (nSPS) is 12.5. The van der Waals surface area contributed by atoms with Gasteiger partial charge in [-0.2, -0.15) is 0 Å². The number of anilines is 1. The molecule has 0 saturated heterocycles. The van der Waals surface area contributed by atoms with Gasteiger partial charge in [-0.3, -0.25) is 9.10 Å². The average Bonchev–Trinajstić information content (AvgIpc) is 2.43. The van der Waals surface area contributed by atoms with E-state index in [0.717, 1.165) is 12.7 Å². The van der Waals surface area contributed by atoms with E-state index in [1.54, 1.807) is 24.3 Å². The molecule has 5 nitrogen and oxygen atoms in total. The quantitative estimate of drug-likeness (QED) is 0.785. The van der Waals surface area contributed by atoms with Gasteiger partial charge >= 0.3 is 0 Å². The van der Waals surface area contributed by atoms with Crippen LogP contribution in [0.4, 0.5) is 5.69 Å². The molecule has 0 spiro atoms. The summed E-state index contributed by atoms with van der Waals surface area (Å²) in [6.07, 6.45) is 3.51. The third kappa shape index (κ3) is 4.90. The first-order valence-electron chi connectivity index (χ1n) is 6.79. The number of nitrogens with one attached hydrogen (secondary N) is 1. The van der Waals surface area contributed by atoms with Crippen LogP contribution in [0.25, 0.3) is 0 Å². The van der Waals surface area contributed by atoms with Crippen LogP contribution in [0.5, 0.6) is 0 Å². The van der Waals surface area contributed by atoms with Crippen LogP contribution >= 0.6 is 0 Å². The standard InChI is InChI=1S/C15H22N2O3S/c1-5-11-17(21(4,19)20)14-9-7-13(8-10-14)15(18)16-12(3)6-2/h5,7-10,12H,1,6,11H2,2-4H3,(H,16,18). The van der Waals surface area contributed by atoms with Crippen LogP contribution in [0.2, 0.25) is 0 Å². The SMILES string of the molecule is C=CCN(c1ccc(C(=O)NC(C)CC)cc1)S(C)(=O)=O. The molecule has 6 heteroatoms. The summed E-state index contributed by atoms with van der Waals surface area (Å²) in [5.41, 5.74) is 1.02. The van der Waals surface area contributed by atoms with Crippen molar-refractivity contribution in [3.8, 4) is 0 Å². The van der Waals surface area contributed by atoms with E-state index < -0.39 is 10.0 Å². The lowest BCUT2D eigenvalue weighted by Gasteiger charge is -2.21. The molecular weight excluding hydrogens is 288 g/mol. The van der Waals surface area contributed by atoms with Gasteiger partial charge in [-0.15, -0.1) is 6.58 Å². The Balaban J connectivity index is 2.95. The van der Waals surface area contributed by atoms with Crippen molar-refractivity contribution in [3.05, 3.63) is 42.5 Å². The lowest BCUT2D eigenvalue weighted by atomic mass is 10.1. The second-order valence-electron chi connectivity index (χ2n) is 4.91. The molecule has 1 unspecified atom stereocenters. The van der Waals surface area contributed by atoms with Gasteiger partial charge in [-0.1, -0.05) is 13.0 Å². The second-order valence-corrected chi connectivity index (χ2v) is 6.82. The molecule has 116 valence electrons. The van der Waals surface area contributed by atoms with Gasteiger partial charge in [0, 0.05) is 11.6 Å². The number of nitrogens with zero attached hydrogens (tertiary/aromatic N) is 1. The maximum absolute atomic E-state index is 12.0. The van der Waals surface area contributed by atoms with Crippen molar-refractivity contribution in [2.45, 2.75) is 26.3 Å². The van der Waals surface area contributed by atoms with E-state index in [1.165, 1.54) is 10.4 Å². The highest BCUT2D eigenvalue weighted by atomic mass is 32.2. The van der Waals surface area contributed by atoms with Crippen molar-refractivity contribution >= 4 is 21.6 Å². The van der Waals surface area contributed by atoms with Gasteiger partial charge in [0.25, 0.3) is 5.91 Å². The molecule has 0 saturated carbocycles. The predicted molar refractivity (Wildman–Crippen MR) is 86.0 cm³/mol. The minimum absolute atomic E-state index is 0.102. The van der Waals surface area contributed by atoms with Crippen molar-refractivity contribution in [1.82, 2.24) is 5.32 Å². The Kier molecular flexibility index (Phi) is 5.96. The molecule has 0 aliphatic rings. The van der Waals surface area contributed by atoms with E-state index in [0.29, 0.717) is 11.3 Å². The van der Waals surface area contributed by atoms with Crippen LogP contribution in [0.1, 0.15) is 30.6 Å². The Morgan fingerprint density at radius 3 is 2.38 bits per heavy atom. The number of hydrogen-bond donors (Lipinski definition) is 1. The fraction of sp³-hybridized carbons (Fsp3) is 0.400. The van der Waals surface area contributed by atoms with E-state index in [1.807, 2.05) is 13.8 Å². The maximum atomic E-state index is 12.0. The summed E-state index contributed by atoms with van der Waals surface area (Å²) in [7, 11) is -3.37. The van der Waals surface area contributed by atoms with Gasteiger partial charge in [0.15, 0.2) is 0 Å². The molecule has 0 bridgehead atoms. The molecule has 1 aromatic carbocycles. The molecule has 1 amide bonds. The maximum Gasteiger partial charge on any atom is 0.251 e. The summed E-state index contributed by atoms with van der Waals surface area (Å²) < 4.78 is 24.7. The Hall–Kier alpha value is -1.82. The van der Waals surface area contributed by atoms with Gasteiger partial charge in [0.2, 0.25) is 10.0 Å². The molecule has 0 aliphatic carbocycles. The first-order valence-corrected chi connectivity index (χ1v) is 8.64. The van der Waals surface area contributed by atoms with E-state index >= 15 is 0 Å². The predicted octanol–water partition coefficient (Wildman–Crippen LogP) is 2.17. The highest BCUT2D eigenvalue weighted by Crippen LogP contribution is 2.18. The molecule has 1 atom stereocenters. The first-order chi connectivity index (χ1) is 9.79. The fourth-order valence-corrected chi connectivity index (χ4v) is 2.62. The van der Waals surface area contributed by atoms with Gasteiger partial charge in [-0.05, 0) is 37.6 Å². The van der Waals surface area contributed by atoms with Crippen LogP contribution < -0.4 is 9.62 Å². The topological polar surface area (TPSA) is 66.5 Å². The van der Waals surface area contributed by atoms with Crippen molar-refractivity contribution in [1.29, 1.82) is 0 Å². The molecule has 0 aliphatic heterocycles. The smallest absolute Gasteiger partial charge is 0.251 e. The fourth-order valence-electron chi connectivity index (χ4n) is 1.74. The van der Waals surface area contributed by atoms with E-state index in [-0.39, 0.29) is 18.5 Å². The minimum atomic E-state index is -3.37. The van der Waals surface area contributed by atoms with Crippen molar-refractivity contribution < 1.29 is 13.2 Å². The number of rotatable bonds is 7. The number of hydrogen-bond acceptors (Lipinski definition) is 3. The summed E-state index contributed by atoms with van der Waals surface area (Å²) in [4.78, 5) is 12.0. The number of carbonyl (C=O) groups excluding carboxylic acids is 1. The molecule has 0 heterocycles.